The molecular formula is C17H26N2O2. The Morgan fingerprint density at radius 3 is 2.57 bits per heavy atom. The Labute approximate surface area is 128 Å². The molecule has 0 radical (unpaired) electrons. The summed E-state index contributed by atoms with van der Waals surface area (Å²) in [6, 6.07) is 5.97. The fraction of sp³-hybridized carbons (Fsp3) is 0.529. The van der Waals surface area contributed by atoms with Gasteiger partial charge in [0.15, 0.2) is 0 Å². The highest BCUT2D eigenvalue weighted by molar-refractivity contribution is 5.44. The zero-order valence-electron chi connectivity index (χ0n) is 13.5. The first-order valence-corrected chi connectivity index (χ1v) is 7.16. The molecule has 0 fully saturated rings. The van der Waals surface area contributed by atoms with Gasteiger partial charge in [0, 0.05) is 37.2 Å². The lowest BCUT2D eigenvalue weighted by Crippen LogP contribution is -2.28. The summed E-state index contributed by atoms with van der Waals surface area (Å²) in [7, 11) is 7.94. The number of benzene rings is 1. The van der Waals surface area contributed by atoms with Crippen molar-refractivity contribution in [2.24, 2.45) is 0 Å². The summed E-state index contributed by atoms with van der Waals surface area (Å²) in [6.45, 7) is 2.95. The summed E-state index contributed by atoms with van der Waals surface area (Å²) in [4.78, 5) is 4.44. The second-order valence-electron chi connectivity index (χ2n) is 5.34. The zero-order valence-corrected chi connectivity index (χ0v) is 13.5. The summed E-state index contributed by atoms with van der Waals surface area (Å²) in [5, 5.41) is 8.77. The number of ether oxygens (including phenoxy) is 1. The number of hydrogen-bond acceptors (Lipinski definition) is 4. The predicted molar refractivity (Wildman–Crippen MR) is 86.5 cm³/mol. The van der Waals surface area contributed by atoms with Crippen LogP contribution in [0.3, 0.4) is 0 Å². The van der Waals surface area contributed by atoms with Crippen LogP contribution < -0.4 is 4.74 Å². The first kappa shape index (κ1) is 17.5. The van der Waals surface area contributed by atoms with Crippen molar-refractivity contribution in [1.82, 2.24) is 9.80 Å². The molecule has 0 spiro atoms. The first-order valence-electron chi connectivity index (χ1n) is 7.16. The van der Waals surface area contributed by atoms with Gasteiger partial charge in [-0.05, 0) is 39.3 Å². The van der Waals surface area contributed by atoms with E-state index in [1.165, 1.54) is 0 Å². The summed E-state index contributed by atoms with van der Waals surface area (Å²) < 4.78 is 5.43. The Bertz CT molecular complexity index is 489. The SMILES string of the molecule is COc1ccc(C#CCCO)cc1CN(C)CCN(C)C. The quantitative estimate of drug-likeness (QED) is 0.771. The number of nitrogens with zero attached hydrogens (tertiary/aromatic N) is 2. The molecule has 0 aliphatic heterocycles. The molecule has 116 valence electrons. The molecule has 0 saturated heterocycles. The van der Waals surface area contributed by atoms with Crippen LogP contribution in [-0.2, 0) is 6.54 Å². The van der Waals surface area contributed by atoms with Crippen molar-refractivity contribution >= 4 is 0 Å². The van der Waals surface area contributed by atoms with Crippen LogP contribution in [0.4, 0.5) is 0 Å². The second kappa shape index (κ2) is 9.41. The average molecular weight is 290 g/mol. The standard InChI is InChI=1S/C17H26N2O2/c1-18(2)10-11-19(3)14-16-13-15(7-5-6-12-20)8-9-17(16)21-4/h8-9,13,20H,6,10-12,14H2,1-4H3. The van der Waals surface area contributed by atoms with Crippen molar-refractivity contribution in [1.29, 1.82) is 0 Å². The molecule has 0 bridgehead atoms. The number of likely N-dealkylation sites (N-methyl/N-ethyl adjacent to an activating group) is 2. The lowest BCUT2D eigenvalue weighted by molar-refractivity contribution is 0.272. The highest BCUT2D eigenvalue weighted by atomic mass is 16.5. The van der Waals surface area contributed by atoms with Gasteiger partial charge in [-0.25, -0.2) is 0 Å². The molecule has 0 heterocycles. The Morgan fingerprint density at radius 2 is 1.95 bits per heavy atom. The average Bonchev–Trinajstić information content (AvgIpc) is 2.46. The summed E-state index contributed by atoms with van der Waals surface area (Å²) in [5.74, 6) is 6.91. The van der Waals surface area contributed by atoms with Crippen molar-refractivity contribution in [2.75, 3.05) is 47.9 Å². The smallest absolute Gasteiger partial charge is 0.123 e. The molecule has 1 rings (SSSR count). The van der Waals surface area contributed by atoms with Crippen molar-refractivity contribution < 1.29 is 9.84 Å². The topological polar surface area (TPSA) is 35.9 Å². The van der Waals surface area contributed by atoms with Gasteiger partial charge in [0.2, 0.25) is 0 Å². The minimum Gasteiger partial charge on any atom is -0.496 e. The van der Waals surface area contributed by atoms with Crippen molar-refractivity contribution in [3.63, 3.8) is 0 Å². The van der Waals surface area contributed by atoms with Gasteiger partial charge in [-0.2, -0.15) is 0 Å². The van der Waals surface area contributed by atoms with Crippen LogP contribution in [-0.4, -0.2) is 62.9 Å². The largest absolute Gasteiger partial charge is 0.496 e. The van der Waals surface area contributed by atoms with Gasteiger partial charge in [0.1, 0.15) is 5.75 Å². The monoisotopic (exact) mass is 290 g/mol. The molecule has 0 atom stereocenters. The van der Waals surface area contributed by atoms with E-state index in [0.717, 1.165) is 36.5 Å². The Balaban J connectivity index is 2.78. The van der Waals surface area contributed by atoms with Crippen molar-refractivity contribution in [3.05, 3.63) is 29.3 Å². The van der Waals surface area contributed by atoms with E-state index >= 15 is 0 Å². The normalized spacial score (nSPS) is 10.6. The lowest BCUT2D eigenvalue weighted by atomic mass is 10.1. The Hall–Kier alpha value is -1.54. The van der Waals surface area contributed by atoms with E-state index in [9.17, 15) is 0 Å². The second-order valence-corrected chi connectivity index (χ2v) is 5.34. The molecular weight excluding hydrogens is 264 g/mol. The molecule has 1 N–H and O–H groups in total. The van der Waals surface area contributed by atoms with Gasteiger partial charge in [-0.3, -0.25) is 0 Å². The third-order valence-corrected chi connectivity index (χ3v) is 3.12. The van der Waals surface area contributed by atoms with Crippen LogP contribution in [0, 0.1) is 11.8 Å². The molecule has 0 aliphatic carbocycles. The van der Waals surface area contributed by atoms with Crippen LogP contribution in [0.1, 0.15) is 17.5 Å². The molecule has 0 aromatic heterocycles. The van der Waals surface area contributed by atoms with Crippen molar-refractivity contribution in [3.8, 4) is 17.6 Å². The molecule has 0 unspecified atom stereocenters. The van der Waals surface area contributed by atoms with Crippen molar-refractivity contribution in [2.45, 2.75) is 13.0 Å². The molecule has 1 aromatic carbocycles. The van der Waals surface area contributed by atoms with Gasteiger partial charge in [-0.1, -0.05) is 11.8 Å². The van der Waals surface area contributed by atoms with Gasteiger partial charge < -0.3 is 19.6 Å². The number of aliphatic hydroxyl groups excluding tert-OH is 1. The minimum absolute atomic E-state index is 0.100. The summed E-state index contributed by atoms with van der Waals surface area (Å²) in [6.07, 6.45) is 0.504. The molecule has 1 aromatic rings. The fourth-order valence-corrected chi connectivity index (χ4v) is 1.94. The summed E-state index contributed by atoms with van der Waals surface area (Å²) in [5.41, 5.74) is 2.09. The number of rotatable bonds is 7. The van der Waals surface area contributed by atoms with E-state index in [0.29, 0.717) is 6.42 Å². The van der Waals surface area contributed by atoms with E-state index in [1.807, 2.05) is 12.1 Å². The van der Waals surface area contributed by atoms with Crippen LogP contribution in [0.2, 0.25) is 0 Å². The van der Waals surface area contributed by atoms with Crippen LogP contribution >= 0.6 is 0 Å². The molecule has 0 amide bonds. The summed E-state index contributed by atoms with van der Waals surface area (Å²) >= 11 is 0. The Kier molecular flexibility index (Phi) is 7.84. The maximum absolute atomic E-state index is 8.77. The van der Waals surface area contributed by atoms with Gasteiger partial charge in [0.25, 0.3) is 0 Å². The molecule has 21 heavy (non-hydrogen) atoms. The van der Waals surface area contributed by atoms with E-state index in [2.05, 4.69) is 48.9 Å². The number of hydrogen-bond donors (Lipinski definition) is 1. The number of aliphatic hydroxyl groups is 1. The van der Waals surface area contributed by atoms with Gasteiger partial charge >= 0.3 is 0 Å². The highest BCUT2D eigenvalue weighted by Crippen LogP contribution is 2.21. The van der Waals surface area contributed by atoms with E-state index in [-0.39, 0.29) is 6.61 Å². The molecule has 4 heteroatoms. The van der Waals surface area contributed by atoms with Gasteiger partial charge in [0.05, 0.1) is 13.7 Å². The van der Waals surface area contributed by atoms with E-state index in [1.54, 1.807) is 7.11 Å². The fourth-order valence-electron chi connectivity index (χ4n) is 1.94. The third-order valence-electron chi connectivity index (χ3n) is 3.12. The highest BCUT2D eigenvalue weighted by Gasteiger charge is 2.07. The lowest BCUT2D eigenvalue weighted by Gasteiger charge is -2.20. The van der Waals surface area contributed by atoms with Crippen LogP contribution in [0.5, 0.6) is 5.75 Å². The maximum atomic E-state index is 8.77. The van der Waals surface area contributed by atoms with Crippen LogP contribution in [0.25, 0.3) is 0 Å². The first-order chi connectivity index (χ1) is 10.1. The molecule has 4 nitrogen and oxygen atoms in total. The molecule has 0 saturated carbocycles. The van der Waals surface area contributed by atoms with Gasteiger partial charge in [-0.15, -0.1) is 0 Å². The van der Waals surface area contributed by atoms with Crippen LogP contribution in [0.15, 0.2) is 18.2 Å². The van der Waals surface area contributed by atoms with E-state index in [4.69, 9.17) is 9.84 Å². The maximum Gasteiger partial charge on any atom is 0.123 e. The Morgan fingerprint density at radius 1 is 1.19 bits per heavy atom. The van der Waals surface area contributed by atoms with E-state index < -0.39 is 0 Å². The minimum atomic E-state index is 0.100. The molecule has 0 aliphatic rings. The third kappa shape index (κ3) is 6.63. The predicted octanol–water partition coefficient (Wildman–Crippen LogP) is 1.42. The zero-order chi connectivity index (χ0) is 15.7. The number of methoxy groups -OCH3 is 1.